The number of anilines is 1. The Labute approximate surface area is 140 Å². The van der Waals surface area contributed by atoms with Crippen molar-refractivity contribution in [2.75, 3.05) is 25.3 Å². The molecule has 0 bridgehead atoms. The Bertz CT molecular complexity index is 865. The first-order valence-corrected chi connectivity index (χ1v) is 8.94. The van der Waals surface area contributed by atoms with E-state index in [0.29, 0.717) is 18.0 Å². The quantitative estimate of drug-likeness (QED) is 0.588. The second kappa shape index (κ2) is 6.88. The van der Waals surface area contributed by atoms with E-state index in [0.717, 1.165) is 17.9 Å². The number of sulfone groups is 1. The minimum absolute atomic E-state index is 0.0762. The highest BCUT2D eigenvalue weighted by atomic mass is 32.2. The summed E-state index contributed by atoms with van der Waals surface area (Å²) in [6.07, 6.45) is 1.02. The third kappa shape index (κ3) is 4.02. The molecular weight excluding hydrogens is 332 g/mol. The highest BCUT2D eigenvalue weighted by Crippen LogP contribution is 2.31. The summed E-state index contributed by atoms with van der Waals surface area (Å²) in [5.74, 6) is 0.697. The van der Waals surface area contributed by atoms with Crippen molar-refractivity contribution in [2.24, 2.45) is 0 Å². The minimum atomic E-state index is -3.51. The van der Waals surface area contributed by atoms with Gasteiger partial charge in [-0.15, -0.1) is 0 Å². The molecule has 0 saturated heterocycles. The number of nitro groups is 1. The molecule has 0 heterocycles. The molecule has 0 saturated carbocycles. The van der Waals surface area contributed by atoms with Crippen molar-refractivity contribution in [3.8, 4) is 5.75 Å². The van der Waals surface area contributed by atoms with Crippen LogP contribution in [0.15, 0.2) is 47.4 Å². The normalized spacial score (nSPS) is 11.1. The van der Waals surface area contributed by atoms with Gasteiger partial charge in [0, 0.05) is 25.9 Å². The molecule has 24 heavy (non-hydrogen) atoms. The van der Waals surface area contributed by atoms with Crippen LogP contribution in [0.3, 0.4) is 0 Å². The summed E-state index contributed by atoms with van der Waals surface area (Å²) in [7, 11) is -0.231. The highest BCUT2D eigenvalue weighted by Gasteiger charge is 2.21. The van der Waals surface area contributed by atoms with Crippen LogP contribution in [0.2, 0.25) is 0 Å². The predicted octanol–water partition coefficient (Wildman–Crippen LogP) is 2.64. The number of hydrogen-bond acceptors (Lipinski definition) is 6. The Morgan fingerprint density at radius 1 is 1.21 bits per heavy atom. The van der Waals surface area contributed by atoms with E-state index in [2.05, 4.69) is 0 Å². The van der Waals surface area contributed by atoms with Gasteiger partial charge >= 0.3 is 0 Å². The van der Waals surface area contributed by atoms with Crippen molar-refractivity contribution >= 4 is 21.2 Å². The van der Waals surface area contributed by atoms with Crippen LogP contribution < -0.4 is 9.64 Å². The number of nitro benzene ring substituents is 1. The molecule has 2 rings (SSSR count). The van der Waals surface area contributed by atoms with E-state index < -0.39 is 14.8 Å². The predicted molar refractivity (Wildman–Crippen MR) is 91.3 cm³/mol. The molecule has 0 spiro atoms. The molecule has 0 fully saturated rings. The zero-order valence-electron chi connectivity index (χ0n) is 13.6. The lowest BCUT2D eigenvalue weighted by atomic mass is 10.2. The topological polar surface area (TPSA) is 89.8 Å². The summed E-state index contributed by atoms with van der Waals surface area (Å²) in [5, 5.41) is 11.3. The number of hydrogen-bond donors (Lipinski definition) is 0. The summed E-state index contributed by atoms with van der Waals surface area (Å²) < 4.78 is 28.4. The zero-order chi connectivity index (χ0) is 17.9. The first kappa shape index (κ1) is 17.7. The van der Waals surface area contributed by atoms with Crippen LogP contribution in [0.4, 0.5) is 11.4 Å². The molecule has 2 aromatic rings. The smallest absolute Gasteiger partial charge is 0.293 e. The van der Waals surface area contributed by atoms with Crippen molar-refractivity contribution in [2.45, 2.75) is 11.4 Å². The maximum atomic E-state index is 11.6. The number of ether oxygens (including phenoxy) is 1. The third-order valence-electron chi connectivity index (χ3n) is 3.54. The fraction of sp³-hybridized carbons (Fsp3) is 0.250. The lowest BCUT2D eigenvalue weighted by Crippen LogP contribution is -2.18. The van der Waals surface area contributed by atoms with Crippen LogP contribution >= 0.6 is 0 Å². The van der Waals surface area contributed by atoms with Crippen molar-refractivity contribution < 1.29 is 18.1 Å². The Hall–Kier alpha value is -2.61. The molecule has 0 atom stereocenters. The van der Waals surface area contributed by atoms with E-state index in [-0.39, 0.29) is 10.6 Å². The van der Waals surface area contributed by atoms with Gasteiger partial charge in [-0.05, 0) is 29.8 Å². The molecule has 128 valence electrons. The SMILES string of the molecule is COc1cccc(CN(C)c2ccc(S(C)(=O)=O)cc2[N+](=O)[O-])c1. The van der Waals surface area contributed by atoms with Crippen LogP contribution in [0.1, 0.15) is 5.56 Å². The van der Waals surface area contributed by atoms with Gasteiger partial charge in [-0.1, -0.05) is 12.1 Å². The minimum Gasteiger partial charge on any atom is -0.497 e. The summed E-state index contributed by atoms with van der Waals surface area (Å²) in [6, 6.07) is 11.3. The van der Waals surface area contributed by atoms with E-state index >= 15 is 0 Å². The second-order valence-corrected chi connectivity index (χ2v) is 7.40. The largest absolute Gasteiger partial charge is 0.497 e. The van der Waals surface area contributed by atoms with E-state index in [1.54, 1.807) is 19.1 Å². The fourth-order valence-corrected chi connectivity index (χ4v) is 2.97. The monoisotopic (exact) mass is 350 g/mol. The van der Waals surface area contributed by atoms with Crippen LogP contribution in [0.25, 0.3) is 0 Å². The number of methoxy groups -OCH3 is 1. The van der Waals surface area contributed by atoms with Gasteiger partial charge in [-0.3, -0.25) is 10.1 Å². The first-order chi connectivity index (χ1) is 11.2. The second-order valence-electron chi connectivity index (χ2n) is 5.39. The van der Waals surface area contributed by atoms with Crippen LogP contribution in [-0.4, -0.2) is 33.8 Å². The molecule has 0 unspecified atom stereocenters. The maximum Gasteiger partial charge on any atom is 0.293 e. The van der Waals surface area contributed by atoms with Gasteiger partial charge in [0.2, 0.25) is 0 Å². The maximum absolute atomic E-state index is 11.6. The van der Waals surface area contributed by atoms with Crippen LogP contribution in [0, 0.1) is 10.1 Å². The standard InChI is InChI=1S/C16H18N2O5S/c1-17(11-12-5-4-6-13(9-12)23-2)15-8-7-14(24(3,21)22)10-16(15)18(19)20/h4-10H,11H2,1-3H3. The first-order valence-electron chi connectivity index (χ1n) is 7.05. The van der Waals surface area contributed by atoms with Gasteiger partial charge in [-0.25, -0.2) is 8.42 Å². The summed E-state index contributed by atoms with van der Waals surface area (Å²) >= 11 is 0. The third-order valence-corrected chi connectivity index (χ3v) is 4.65. The molecule has 2 aromatic carbocycles. The van der Waals surface area contributed by atoms with Crippen molar-refractivity contribution in [1.82, 2.24) is 0 Å². The molecule has 0 N–H and O–H groups in total. The van der Waals surface area contributed by atoms with Crippen molar-refractivity contribution in [3.05, 3.63) is 58.1 Å². The van der Waals surface area contributed by atoms with E-state index in [1.807, 2.05) is 24.3 Å². The lowest BCUT2D eigenvalue weighted by molar-refractivity contribution is -0.384. The molecule has 0 aromatic heterocycles. The van der Waals surface area contributed by atoms with Crippen molar-refractivity contribution in [3.63, 3.8) is 0 Å². The van der Waals surface area contributed by atoms with Gasteiger partial charge in [0.25, 0.3) is 5.69 Å². The Balaban J connectivity index is 2.37. The summed E-state index contributed by atoms with van der Waals surface area (Å²) in [6.45, 7) is 0.413. The van der Waals surface area contributed by atoms with Crippen LogP contribution in [0.5, 0.6) is 5.75 Å². The van der Waals surface area contributed by atoms with Gasteiger partial charge < -0.3 is 9.64 Å². The number of nitrogens with zero attached hydrogens (tertiary/aromatic N) is 2. The van der Waals surface area contributed by atoms with Crippen LogP contribution in [-0.2, 0) is 16.4 Å². The zero-order valence-corrected chi connectivity index (χ0v) is 14.4. The fourth-order valence-electron chi connectivity index (χ4n) is 2.33. The molecule has 0 aliphatic heterocycles. The van der Waals surface area contributed by atoms with Gasteiger partial charge in [0.1, 0.15) is 11.4 Å². The Morgan fingerprint density at radius 2 is 1.92 bits per heavy atom. The van der Waals surface area contributed by atoms with Crippen molar-refractivity contribution in [1.29, 1.82) is 0 Å². The molecule has 7 nitrogen and oxygen atoms in total. The lowest BCUT2D eigenvalue weighted by Gasteiger charge is -2.20. The van der Waals surface area contributed by atoms with Gasteiger partial charge in [0.15, 0.2) is 9.84 Å². The van der Waals surface area contributed by atoms with E-state index in [4.69, 9.17) is 4.74 Å². The van der Waals surface area contributed by atoms with E-state index in [1.165, 1.54) is 12.1 Å². The molecule has 0 radical (unpaired) electrons. The van der Waals surface area contributed by atoms with Gasteiger partial charge in [0.05, 0.1) is 16.9 Å². The molecule has 0 aliphatic carbocycles. The summed E-state index contributed by atoms with van der Waals surface area (Å²) in [4.78, 5) is 12.4. The highest BCUT2D eigenvalue weighted by molar-refractivity contribution is 7.90. The number of rotatable bonds is 6. The molecular formula is C16H18N2O5S. The Kier molecular flexibility index (Phi) is 5.08. The average molecular weight is 350 g/mol. The molecule has 0 aliphatic rings. The average Bonchev–Trinajstić information content (AvgIpc) is 2.53. The summed E-state index contributed by atoms with van der Waals surface area (Å²) in [5.41, 5.74) is 1.01. The van der Waals surface area contributed by atoms with Gasteiger partial charge in [-0.2, -0.15) is 0 Å². The Morgan fingerprint density at radius 3 is 2.50 bits per heavy atom. The number of benzene rings is 2. The molecule has 0 amide bonds. The molecule has 8 heteroatoms. The van der Waals surface area contributed by atoms with E-state index in [9.17, 15) is 18.5 Å².